The SMILES string of the molecule is Cc1cc(N)c(NC(=O)NC2CCC2)c(Br)c1. The van der Waals surface area contributed by atoms with Crippen molar-refractivity contribution < 1.29 is 4.79 Å². The highest BCUT2D eigenvalue weighted by atomic mass is 79.9. The smallest absolute Gasteiger partial charge is 0.319 e. The van der Waals surface area contributed by atoms with Crippen molar-refractivity contribution in [2.45, 2.75) is 32.2 Å². The summed E-state index contributed by atoms with van der Waals surface area (Å²) in [5, 5.41) is 5.69. The molecule has 4 N–H and O–H groups in total. The molecule has 0 aliphatic heterocycles. The second-order valence-electron chi connectivity index (χ2n) is 4.44. The minimum Gasteiger partial charge on any atom is -0.397 e. The quantitative estimate of drug-likeness (QED) is 0.735. The molecule has 5 heteroatoms. The van der Waals surface area contributed by atoms with Gasteiger partial charge in [0, 0.05) is 10.5 Å². The first-order chi connectivity index (χ1) is 8.06. The van der Waals surface area contributed by atoms with E-state index in [0.29, 0.717) is 17.4 Å². The maximum Gasteiger partial charge on any atom is 0.319 e. The highest BCUT2D eigenvalue weighted by molar-refractivity contribution is 9.10. The highest BCUT2D eigenvalue weighted by Crippen LogP contribution is 2.30. The Bertz CT molecular complexity index is 420. The zero-order valence-electron chi connectivity index (χ0n) is 9.72. The van der Waals surface area contributed by atoms with E-state index in [9.17, 15) is 4.79 Å². The van der Waals surface area contributed by atoms with Crippen molar-refractivity contribution in [2.24, 2.45) is 0 Å². The molecule has 1 aliphatic carbocycles. The Morgan fingerprint density at radius 3 is 2.71 bits per heavy atom. The van der Waals surface area contributed by atoms with E-state index in [2.05, 4.69) is 26.6 Å². The molecule has 2 rings (SSSR count). The van der Waals surface area contributed by atoms with Gasteiger partial charge < -0.3 is 16.4 Å². The van der Waals surface area contributed by atoms with Crippen LogP contribution in [0.15, 0.2) is 16.6 Å². The van der Waals surface area contributed by atoms with Crippen LogP contribution in [0.25, 0.3) is 0 Å². The number of benzene rings is 1. The predicted molar refractivity (Wildman–Crippen MR) is 73.1 cm³/mol. The average Bonchev–Trinajstić information content (AvgIpc) is 2.17. The lowest BCUT2D eigenvalue weighted by atomic mass is 9.93. The van der Waals surface area contributed by atoms with Crippen LogP contribution in [0.1, 0.15) is 24.8 Å². The predicted octanol–water partition coefficient (Wildman–Crippen LogP) is 3.01. The number of hydrogen-bond donors (Lipinski definition) is 3. The number of hydrogen-bond acceptors (Lipinski definition) is 2. The summed E-state index contributed by atoms with van der Waals surface area (Å²) in [6, 6.07) is 3.89. The van der Waals surface area contributed by atoms with Crippen LogP contribution < -0.4 is 16.4 Å². The van der Waals surface area contributed by atoms with Gasteiger partial charge in [-0.05, 0) is 59.8 Å². The van der Waals surface area contributed by atoms with Crippen LogP contribution in [0.4, 0.5) is 16.2 Å². The molecule has 17 heavy (non-hydrogen) atoms. The fourth-order valence-corrected chi connectivity index (χ4v) is 2.48. The van der Waals surface area contributed by atoms with Gasteiger partial charge in [0.15, 0.2) is 0 Å². The fraction of sp³-hybridized carbons (Fsp3) is 0.417. The van der Waals surface area contributed by atoms with Crippen LogP contribution in [-0.2, 0) is 0 Å². The number of nitrogens with one attached hydrogen (secondary N) is 2. The molecule has 2 amide bonds. The van der Waals surface area contributed by atoms with Gasteiger partial charge in [0.1, 0.15) is 0 Å². The van der Waals surface area contributed by atoms with Crippen LogP contribution >= 0.6 is 15.9 Å². The van der Waals surface area contributed by atoms with Gasteiger partial charge in [-0.3, -0.25) is 0 Å². The van der Waals surface area contributed by atoms with Crippen molar-refractivity contribution in [1.29, 1.82) is 0 Å². The van der Waals surface area contributed by atoms with Crippen LogP contribution in [0, 0.1) is 6.92 Å². The Morgan fingerprint density at radius 1 is 1.47 bits per heavy atom. The first-order valence-electron chi connectivity index (χ1n) is 5.69. The van der Waals surface area contributed by atoms with Gasteiger partial charge in [0.05, 0.1) is 11.4 Å². The lowest BCUT2D eigenvalue weighted by molar-refractivity contribution is 0.240. The molecule has 0 spiro atoms. The van der Waals surface area contributed by atoms with Gasteiger partial charge in [-0.1, -0.05) is 0 Å². The number of halogens is 1. The zero-order chi connectivity index (χ0) is 12.4. The van der Waals surface area contributed by atoms with Crippen molar-refractivity contribution in [3.05, 3.63) is 22.2 Å². The van der Waals surface area contributed by atoms with E-state index in [0.717, 1.165) is 22.9 Å². The number of carbonyl (C=O) groups excluding carboxylic acids is 1. The molecule has 92 valence electrons. The largest absolute Gasteiger partial charge is 0.397 e. The minimum absolute atomic E-state index is 0.189. The minimum atomic E-state index is -0.189. The second kappa shape index (κ2) is 4.96. The number of nitrogen functional groups attached to an aromatic ring is 1. The molecule has 1 aromatic rings. The summed E-state index contributed by atoms with van der Waals surface area (Å²) in [5.74, 6) is 0. The average molecular weight is 298 g/mol. The lowest BCUT2D eigenvalue weighted by Crippen LogP contribution is -2.42. The Morgan fingerprint density at radius 2 is 2.18 bits per heavy atom. The molecule has 0 radical (unpaired) electrons. The molecule has 0 saturated heterocycles. The molecule has 1 saturated carbocycles. The van der Waals surface area contributed by atoms with Crippen LogP contribution in [0.5, 0.6) is 0 Å². The molecule has 0 aromatic heterocycles. The Balaban J connectivity index is 2.04. The topological polar surface area (TPSA) is 67.1 Å². The number of aryl methyl sites for hydroxylation is 1. The van der Waals surface area contributed by atoms with E-state index < -0.39 is 0 Å². The van der Waals surface area contributed by atoms with Crippen molar-refractivity contribution in [1.82, 2.24) is 5.32 Å². The fourth-order valence-electron chi connectivity index (χ4n) is 1.79. The summed E-state index contributed by atoms with van der Waals surface area (Å²) in [6.45, 7) is 1.96. The second-order valence-corrected chi connectivity index (χ2v) is 5.29. The number of urea groups is 1. The van der Waals surface area contributed by atoms with E-state index in [4.69, 9.17) is 5.73 Å². The van der Waals surface area contributed by atoms with Crippen LogP contribution in [0.2, 0.25) is 0 Å². The van der Waals surface area contributed by atoms with Gasteiger partial charge >= 0.3 is 6.03 Å². The van der Waals surface area contributed by atoms with Gasteiger partial charge in [-0.2, -0.15) is 0 Å². The van der Waals surface area contributed by atoms with E-state index in [1.807, 2.05) is 19.1 Å². The van der Waals surface area contributed by atoms with E-state index in [-0.39, 0.29) is 6.03 Å². The molecule has 1 aromatic carbocycles. The molecular weight excluding hydrogens is 282 g/mol. The molecule has 1 fully saturated rings. The van der Waals surface area contributed by atoms with Crippen molar-refractivity contribution in [2.75, 3.05) is 11.1 Å². The molecule has 1 aliphatic rings. The normalized spacial score (nSPS) is 15.2. The third-order valence-electron chi connectivity index (χ3n) is 2.94. The monoisotopic (exact) mass is 297 g/mol. The molecule has 0 heterocycles. The summed E-state index contributed by atoms with van der Waals surface area (Å²) in [4.78, 5) is 11.7. The number of rotatable bonds is 2. The molecule has 0 bridgehead atoms. The van der Waals surface area contributed by atoms with Crippen molar-refractivity contribution >= 4 is 33.3 Å². The van der Waals surface area contributed by atoms with Gasteiger partial charge in [-0.25, -0.2) is 4.79 Å². The van der Waals surface area contributed by atoms with Crippen molar-refractivity contribution in [3.63, 3.8) is 0 Å². The molecule has 0 atom stereocenters. The van der Waals surface area contributed by atoms with Crippen LogP contribution in [-0.4, -0.2) is 12.1 Å². The van der Waals surface area contributed by atoms with E-state index >= 15 is 0 Å². The summed E-state index contributed by atoms with van der Waals surface area (Å²) < 4.78 is 0.804. The standard InChI is InChI=1S/C12H16BrN3O/c1-7-5-9(13)11(10(14)6-7)16-12(17)15-8-3-2-4-8/h5-6,8H,2-4,14H2,1H3,(H2,15,16,17). The number of anilines is 2. The summed E-state index contributed by atoms with van der Waals surface area (Å²) in [5.41, 5.74) is 8.13. The number of nitrogens with two attached hydrogens (primary N) is 1. The number of carbonyl (C=O) groups is 1. The van der Waals surface area contributed by atoms with Gasteiger partial charge in [0.2, 0.25) is 0 Å². The summed E-state index contributed by atoms with van der Waals surface area (Å²) >= 11 is 3.40. The lowest BCUT2D eigenvalue weighted by Gasteiger charge is -2.26. The molecule has 4 nitrogen and oxygen atoms in total. The summed E-state index contributed by atoms with van der Waals surface area (Å²) in [6.07, 6.45) is 3.33. The van der Waals surface area contributed by atoms with E-state index in [1.165, 1.54) is 6.42 Å². The Hall–Kier alpha value is -1.23. The summed E-state index contributed by atoms with van der Waals surface area (Å²) in [7, 11) is 0. The first kappa shape index (κ1) is 12.2. The van der Waals surface area contributed by atoms with Crippen molar-refractivity contribution in [3.8, 4) is 0 Å². The third-order valence-corrected chi connectivity index (χ3v) is 3.57. The Labute approximate surface area is 109 Å². The van der Waals surface area contributed by atoms with Gasteiger partial charge in [-0.15, -0.1) is 0 Å². The van der Waals surface area contributed by atoms with E-state index in [1.54, 1.807) is 0 Å². The zero-order valence-corrected chi connectivity index (χ0v) is 11.3. The highest BCUT2D eigenvalue weighted by Gasteiger charge is 2.20. The maximum atomic E-state index is 11.7. The van der Waals surface area contributed by atoms with Crippen LogP contribution in [0.3, 0.4) is 0 Å². The Kier molecular flexibility index (Phi) is 3.57. The first-order valence-corrected chi connectivity index (χ1v) is 6.48. The third kappa shape index (κ3) is 2.91. The molecular formula is C12H16BrN3O. The maximum absolute atomic E-state index is 11.7. The number of amides is 2. The van der Waals surface area contributed by atoms with Gasteiger partial charge in [0.25, 0.3) is 0 Å². The molecule has 0 unspecified atom stereocenters.